The molecule has 0 fully saturated rings. The maximum Gasteiger partial charge on any atom is 0.195 e. The lowest BCUT2D eigenvalue weighted by atomic mass is 10.1. The molecule has 30 heavy (non-hydrogen) atoms. The summed E-state index contributed by atoms with van der Waals surface area (Å²) in [5, 5.41) is 1.08. The Hall–Kier alpha value is -2.73. The maximum atomic E-state index is 6.12. The summed E-state index contributed by atoms with van der Waals surface area (Å²) in [5.41, 5.74) is 5.25. The second kappa shape index (κ2) is 8.19. The van der Waals surface area contributed by atoms with Crippen LogP contribution in [0, 0.1) is 0 Å². The number of pyridine rings is 1. The van der Waals surface area contributed by atoms with Gasteiger partial charge >= 0.3 is 0 Å². The molecule has 5 nitrogen and oxygen atoms in total. The van der Waals surface area contributed by atoms with Crippen molar-refractivity contribution >= 4 is 23.2 Å². The molecule has 1 aromatic carbocycles. The maximum absolute atomic E-state index is 6.12. The van der Waals surface area contributed by atoms with Gasteiger partial charge in [0.05, 0.1) is 27.7 Å². The van der Waals surface area contributed by atoms with Crippen LogP contribution < -0.4 is 0 Å². The Bertz CT molecular complexity index is 1180. The summed E-state index contributed by atoms with van der Waals surface area (Å²) in [5.74, 6) is 1.35. The van der Waals surface area contributed by atoms with Crippen LogP contribution in [0.3, 0.4) is 0 Å². The zero-order valence-electron chi connectivity index (χ0n) is 16.1. The molecule has 4 heterocycles. The van der Waals surface area contributed by atoms with Crippen LogP contribution in [0.25, 0.3) is 22.8 Å². The van der Waals surface area contributed by atoms with Crippen LogP contribution in [0.2, 0.25) is 10.0 Å². The van der Waals surface area contributed by atoms with Crippen molar-refractivity contribution in [2.45, 2.75) is 19.5 Å². The molecular formula is C23H18Cl2N4O. The zero-order chi connectivity index (χ0) is 20.5. The quantitative estimate of drug-likeness (QED) is 0.412. The Morgan fingerprint density at radius 2 is 1.93 bits per heavy atom. The fraction of sp³-hybridized carbons (Fsp3) is 0.174. The van der Waals surface area contributed by atoms with Crippen molar-refractivity contribution in [2.75, 3.05) is 6.54 Å². The molecule has 0 amide bonds. The Balaban J connectivity index is 1.27. The molecule has 1 aliphatic heterocycles. The molecule has 7 heteroatoms. The van der Waals surface area contributed by atoms with Crippen LogP contribution in [0.15, 0.2) is 65.5 Å². The van der Waals surface area contributed by atoms with Crippen LogP contribution >= 0.6 is 23.2 Å². The van der Waals surface area contributed by atoms with E-state index < -0.39 is 0 Å². The van der Waals surface area contributed by atoms with Gasteiger partial charge in [-0.3, -0.25) is 9.88 Å². The highest BCUT2D eigenvalue weighted by atomic mass is 35.5. The molecule has 0 N–H and O–H groups in total. The predicted molar refractivity (Wildman–Crippen MR) is 117 cm³/mol. The molecule has 0 saturated heterocycles. The minimum atomic E-state index is 0.532. The average molecular weight is 437 g/mol. The number of hydrogen-bond donors (Lipinski definition) is 0. The molecule has 0 saturated carbocycles. The van der Waals surface area contributed by atoms with Gasteiger partial charge in [-0.05, 0) is 35.9 Å². The molecule has 0 atom stereocenters. The van der Waals surface area contributed by atoms with E-state index >= 15 is 0 Å². The monoisotopic (exact) mass is 436 g/mol. The van der Waals surface area contributed by atoms with E-state index in [0.717, 1.165) is 54.1 Å². The predicted octanol–water partition coefficient (Wildman–Crippen LogP) is 5.66. The first kappa shape index (κ1) is 19.2. The summed E-state index contributed by atoms with van der Waals surface area (Å²) < 4.78 is 5.41. The van der Waals surface area contributed by atoms with Crippen LogP contribution in [0.4, 0.5) is 0 Å². The molecule has 150 valence electrons. The molecular weight excluding hydrogens is 419 g/mol. The van der Waals surface area contributed by atoms with Gasteiger partial charge in [-0.25, -0.2) is 9.97 Å². The summed E-state index contributed by atoms with van der Waals surface area (Å²) in [6.07, 6.45) is 6.36. The Morgan fingerprint density at radius 3 is 2.70 bits per heavy atom. The van der Waals surface area contributed by atoms with Crippen molar-refractivity contribution in [3.63, 3.8) is 0 Å². The second-order valence-electron chi connectivity index (χ2n) is 7.28. The van der Waals surface area contributed by atoms with Crippen molar-refractivity contribution in [1.29, 1.82) is 0 Å². The van der Waals surface area contributed by atoms with E-state index in [0.29, 0.717) is 21.6 Å². The number of hydrogen-bond acceptors (Lipinski definition) is 5. The highest BCUT2D eigenvalue weighted by Crippen LogP contribution is 2.28. The van der Waals surface area contributed by atoms with Gasteiger partial charge in [0, 0.05) is 49.6 Å². The van der Waals surface area contributed by atoms with E-state index in [1.807, 2.05) is 42.7 Å². The van der Waals surface area contributed by atoms with Crippen molar-refractivity contribution < 1.29 is 4.42 Å². The van der Waals surface area contributed by atoms with E-state index in [1.165, 1.54) is 0 Å². The molecule has 0 radical (unpaired) electrons. The van der Waals surface area contributed by atoms with Gasteiger partial charge in [-0.2, -0.15) is 0 Å². The number of fused-ring (bicyclic) bond motifs is 1. The van der Waals surface area contributed by atoms with Crippen LogP contribution in [-0.4, -0.2) is 26.4 Å². The van der Waals surface area contributed by atoms with Crippen LogP contribution in [0.1, 0.15) is 16.8 Å². The molecule has 0 unspecified atom stereocenters. The summed E-state index contributed by atoms with van der Waals surface area (Å²) >= 11 is 12.1. The fourth-order valence-electron chi connectivity index (χ4n) is 3.64. The van der Waals surface area contributed by atoms with E-state index in [1.54, 1.807) is 12.3 Å². The summed E-state index contributed by atoms with van der Waals surface area (Å²) in [6.45, 7) is 2.59. The van der Waals surface area contributed by atoms with Gasteiger partial charge in [-0.1, -0.05) is 35.3 Å². The van der Waals surface area contributed by atoms with Crippen LogP contribution in [-0.2, 0) is 19.5 Å². The topological polar surface area (TPSA) is 55.1 Å². The standard InChI is InChI=1S/C23H18Cl2N4O/c24-18-5-4-16(10-19(18)25)20-6-3-15(11-26-20)13-29-8-7-21-17(14-29)12-27-23(28-21)22-2-1-9-30-22/h1-6,9-12H,7-8,13-14H2. The van der Waals surface area contributed by atoms with Gasteiger partial charge in [0.25, 0.3) is 0 Å². The van der Waals surface area contributed by atoms with E-state index in [2.05, 4.69) is 20.9 Å². The smallest absolute Gasteiger partial charge is 0.195 e. The highest BCUT2D eigenvalue weighted by molar-refractivity contribution is 6.42. The van der Waals surface area contributed by atoms with Crippen LogP contribution in [0.5, 0.6) is 0 Å². The summed E-state index contributed by atoms with van der Waals surface area (Å²) in [7, 11) is 0. The third-order valence-electron chi connectivity index (χ3n) is 5.20. The molecule has 0 spiro atoms. The lowest BCUT2D eigenvalue weighted by Crippen LogP contribution is -2.31. The number of aromatic nitrogens is 3. The molecule has 1 aliphatic rings. The molecule has 4 aromatic rings. The van der Waals surface area contributed by atoms with Gasteiger partial charge in [0.15, 0.2) is 11.6 Å². The Kier molecular flexibility index (Phi) is 5.25. The number of furan rings is 1. The SMILES string of the molecule is Clc1ccc(-c2ccc(CN3CCc4nc(-c5ccco5)ncc4C3)cn2)cc1Cl. The Labute approximate surface area is 184 Å². The third kappa shape index (κ3) is 3.97. The lowest BCUT2D eigenvalue weighted by molar-refractivity contribution is 0.242. The van der Waals surface area contributed by atoms with E-state index in [9.17, 15) is 0 Å². The van der Waals surface area contributed by atoms with Crippen molar-refractivity contribution in [1.82, 2.24) is 19.9 Å². The summed E-state index contributed by atoms with van der Waals surface area (Å²) in [4.78, 5) is 16.2. The summed E-state index contributed by atoms with van der Waals surface area (Å²) in [6, 6.07) is 13.4. The zero-order valence-corrected chi connectivity index (χ0v) is 17.6. The molecule has 0 aliphatic carbocycles. The molecule has 0 bridgehead atoms. The lowest BCUT2D eigenvalue weighted by Gasteiger charge is -2.27. The van der Waals surface area contributed by atoms with Gasteiger partial charge in [-0.15, -0.1) is 0 Å². The fourth-order valence-corrected chi connectivity index (χ4v) is 3.93. The highest BCUT2D eigenvalue weighted by Gasteiger charge is 2.19. The average Bonchev–Trinajstić information content (AvgIpc) is 3.31. The first-order chi connectivity index (χ1) is 14.7. The number of halogens is 2. The van der Waals surface area contributed by atoms with Gasteiger partial charge in [0.1, 0.15) is 0 Å². The van der Waals surface area contributed by atoms with Crippen molar-refractivity contribution in [3.05, 3.63) is 88.0 Å². The van der Waals surface area contributed by atoms with Gasteiger partial charge in [0.2, 0.25) is 0 Å². The van der Waals surface area contributed by atoms with Crippen molar-refractivity contribution in [3.8, 4) is 22.8 Å². The first-order valence-electron chi connectivity index (χ1n) is 9.67. The Morgan fingerprint density at radius 1 is 1.00 bits per heavy atom. The number of benzene rings is 1. The third-order valence-corrected chi connectivity index (χ3v) is 5.94. The molecule has 3 aromatic heterocycles. The second-order valence-corrected chi connectivity index (χ2v) is 8.10. The normalized spacial score (nSPS) is 13.9. The van der Waals surface area contributed by atoms with Gasteiger partial charge < -0.3 is 4.42 Å². The largest absolute Gasteiger partial charge is 0.461 e. The van der Waals surface area contributed by atoms with Crippen molar-refractivity contribution in [2.24, 2.45) is 0 Å². The number of nitrogens with zero attached hydrogens (tertiary/aromatic N) is 4. The minimum Gasteiger partial charge on any atom is -0.461 e. The van der Waals surface area contributed by atoms with E-state index in [4.69, 9.17) is 32.6 Å². The minimum absolute atomic E-state index is 0.532. The first-order valence-corrected chi connectivity index (χ1v) is 10.4. The number of rotatable bonds is 4. The molecule has 5 rings (SSSR count). The van der Waals surface area contributed by atoms with E-state index in [-0.39, 0.29) is 0 Å².